The summed E-state index contributed by atoms with van der Waals surface area (Å²) in [6.45, 7) is -0.724. The van der Waals surface area contributed by atoms with Gasteiger partial charge in [-0.15, -0.1) is 0 Å². The first-order chi connectivity index (χ1) is 11.2. The van der Waals surface area contributed by atoms with Gasteiger partial charge in [0.25, 0.3) is 0 Å². The highest BCUT2D eigenvalue weighted by atomic mass is 16.8. The summed E-state index contributed by atoms with van der Waals surface area (Å²) in [4.78, 5) is 11.0. The molecular weight excluding hydrogens is 336 g/mol. The Labute approximate surface area is 135 Å². The van der Waals surface area contributed by atoms with Crippen molar-refractivity contribution in [1.82, 2.24) is 0 Å². The van der Waals surface area contributed by atoms with Crippen molar-refractivity contribution in [2.75, 3.05) is 6.61 Å². The zero-order chi connectivity index (χ0) is 18.2. The van der Waals surface area contributed by atoms with Crippen molar-refractivity contribution in [2.24, 2.45) is 0 Å². The van der Waals surface area contributed by atoms with E-state index in [2.05, 4.69) is 0 Å². The average molecular weight is 356 g/mol. The molecule has 2 rings (SSSR count). The maximum atomic E-state index is 11.0. The Kier molecular flexibility index (Phi) is 6.09. The van der Waals surface area contributed by atoms with Crippen LogP contribution in [0.5, 0.6) is 0 Å². The lowest BCUT2D eigenvalue weighted by atomic mass is 9.98. The van der Waals surface area contributed by atoms with Crippen LogP contribution in [-0.4, -0.2) is 115 Å². The minimum Gasteiger partial charge on any atom is -0.479 e. The van der Waals surface area contributed by atoms with E-state index in [-0.39, 0.29) is 0 Å². The molecule has 0 aromatic heterocycles. The Morgan fingerprint density at radius 3 is 1.79 bits per heavy atom. The van der Waals surface area contributed by atoms with Crippen molar-refractivity contribution in [2.45, 2.75) is 61.4 Å². The number of carboxylic acid groups (broad SMARTS) is 1. The van der Waals surface area contributed by atoms with E-state index in [1.165, 1.54) is 0 Å². The Morgan fingerprint density at radius 2 is 1.29 bits per heavy atom. The van der Waals surface area contributed by atoms with Crippen LogP contribution in [-0.2, 0) is 19.0 Å². The van der Waals surface area contributed by atoms with Crippen LogP contribution in [0.25, 0.3) is 0 Å². The lowest BCUT2D eigenvalue weighted by Gasteiger charge is -2.44. The SMILES string of the molecule is O=C(O)[C@H]1O[C@@H](O[C@@H]2O[C@H](CO)[C@@H](O)[C@H](O)[C@@H]2O)[C@H](O)[C@@H](O)[C@@H]1O. The highest BCUT2D eigenvalue weighted by Gasteiger charge is 2.51. The monoisotopic (exact) mass is 356 g/mol. The van der Waals surface area contributed by atoms with Gasteiger partial charge < -0.3 is 55.1 Å². The third-order valence-corrected chi connectivity index (χ3v) is 3.93. The molecule has 24 heavy (non-hydrogen) atoms. The number of carboxylic acids is 1. The molecule has 10 atom stereocenters. The van der Waals surface area contributed by atoms with Crippen molar-refractivity contribution in [1.29, 1.82) is 0 Å². The number of aliphatic hydroxyl groups excluding tert-OH is 7. The first-order valence-electron chi connectivity index (χ1n) is 7.07. The lowest BCUT2D eigenvalue weighted by molar-refractivity contribution is -0.372. The second-order valence-corrected chi connectivity index (χ2v) is 5.57. The van der Waals surface area contributed by atoms with E-state index in [0.29, 0.717) is 0 Å². The molecule has 0 bridgehead atoms. The number of aliphatic hydroxyl groups is 7. The zero-order valence-electron chi connectivity index (χ0n) is 12.2. The van der Waals surface area contributed by atoms with Crippen LogP contribution >= 0.6 is 0 Å². The number of hydrogen-bond donors (Lipinski definition) is 8. The van der Waals surface area contributed by atoms with E-state index in [1.807, 2.05) is 0 Å². The standard InChI is InChI=1S/C12H20O12/c13-1-2-3(14)4(15)7(18)11(22-2)24-12-8(19)5(16)6(17)9(23-12)10(20)21/h2-9,11-19H,1H2,(H,20,21)/t2-,3-,4+,5+,6+,7+,8-,9+,11+,12+/m1/s1. The molecule has 140 valence electrons. The number of aliphatic carboxylic acids is 1. The van der Waals surface area contributed by atoms with E-state index in [9.17, 15) is 35.4 Å². The van der Waals surface area contributed by atoms with Crippen LogP contribution in [0, 0.1) is 0 Å². The molecule has 0 unspecified atom stereocenters. The van der Waals surface area contributed by atoms with Gasteiger partial charge in [0, 0.05) is 0 Å². The lowest BCUT2D eigenvalue weighted by Crippen LogP contribution is -2.64. The topological polar surface area (TPSA) is 207 Å². The number of rotatable bonds is 4. The number of carbonyl (C=O) groups is 1. The first kappa shape index (κ1) is 19.4. The molecule has 0 aliphatic carbocycles. The second kappa shape index (κ2) is 7.53. The molecule has 0 saturated carbocycles. The van der Waals surface area contributed by atoms with Gasteiger partial charge in [0.2, 0.25) is 0 Å². The second-order valence-electron chi connectivity index (χ2n) is 5.57. The number of ether oxygens (including phenoxy) is 3. The van der Waals surface area contributed by atoms with Gasteiger partial charge in [-0.1, -0.05) is 0 Å². The van der Waals surface area contributed by atoms with Crippen LogP contribution in [0.2, 0.25) is 0 Å². The zero-order valence-corrected chi connectivity index (χ0v) is 12.2. The summed E-state index contributed by atoms with van der Waals surface area (Å²) in [5, 5.41) is 76.1. The Bertz CT molecular complexity index is 444. The molecule has 2 aliphatic heterocycles. The fraction of sp³-hybridized carbons (Fsp3) is 0.917. The fourth-order valence-corrected chi connectivity index (χ4v) is 2.48. The predicted molar refractivity (Wildman–Crippen MR) is 69.2 cm³/mol. The predicted octanol–water partition coefficient (Wildman–Crippen LogP) is -5.30. The third-order valence-electron chi connectivity index (χ3n) is 3.93. The minimum absolute atomic E-state index is 0.724. The van der Waals surface area contributed by atoms with Gasteiger partial charge in [-0.2, -0.15) is 0 Å². The van der Waals surface area contributed by atoms with Crippen LogP contribution < -0.4 is 0 Å². The van der Waals surface area contributed by atoms with Gasteiger partial charge in [-0.25, -0.2) is 4.79 Å². The molecule has 12 heteroatoms. The molecule has 0 aromatic carbocycles. The molecule has 2 saturated heterocycles. The van der Waals surface area contributed by atoms with Gasteiger partial charge in [0.1, 0.15) is 42.7 Å². The van der Waals surface area contributed by atoms with Gasteiger partial charge in [0.15, 0.2) is 18.7 Å². The molecule has 2 heterocycles. The van der Waals surface area contributed by atoms with Crippen LogP contribution in [0.4, 0.5) is 0 Å². The molecule has 12 nitrogen and oxygen atoms in total. The van der Waals surface area contributed by atoms with Crippen molar-refractivity contribution in [3.05, 3.63) is 0 Å². The highest BCUT2D eigenvalue weighted by Crippen LogP contribution is 2.28. The molecular formula is C12H20O12. The summed E-state index contributed by atoms with van der Waals surface area (Å²) in [6.07, 6.45) is -17.7. The minimum atomic E-state index is -1.92. The van der Waals surface area contributed by atoms with Gasteiger partial charge in [-0.3, -0.25) is 0 Å². The molecule has 0 radical (unpaired) electrons. The maximum Gasteiger partial charge on any atom is 0.335 e. The third kappa shape index (κ3) is 3.52. The summed E-state index contributed by atoms with van der Waals surface area (Å²) in [5.74, 6) is -1.63. The highest BCUT2D eigenvalue weighted by molar-refractivity contribution is 5.73. The molecule has 8 N–H and O–H groups in total. The normalized spacial score (nSPS) is 49.8. The Hall–Kier alpha value is -0.930. The van der Waals surface area contributed by atoms with Crippen LogP contribution in [0.15, 0.2) is 0 Å². The van der Waals surface area contributed by atoms with Crippen LogP contribution in [0.1, 0.15) is 0 Å². The summed E-state index contributed by atoms with van der Waals surface area (Å²) in [6, 6.07) is 0. The van der Waals surface area contributed by atoms with Gasteiger partial charge in [-0.05, 0) is 0 Å². The Balaban J connectivity index is 2.11. The summed E-state index contributed by atoms with van der Waals surface area (Å²) < 4.78 is 14.9. The van der Waals surface area contributed by atoms with Gasteiger partial charge >= 0.3 is 5.97 Å². The fourth-order valence-electron chi connectivity index (χ4n) is 2.48. The largest absolute Gasteiger partial charge is 0.479 e. The molecule has 0 aromatic rings. The Morgan fingerprint density at radius 1 is 0.792 bits per heavy atom. The van der Waals surface area contributed by atoms with Crippen molar-refractivity contribution in [3.8, 4) is 0 Å². The average Bonchev–Trinajstić information content (AvgIpc) is 2.55. The van der Waals surface area contributed by atoms with Crippen molar-refractivity contribution < 1.29 is 59.9 Å². The molecule has 2 fully saturated rings. The number of hydrogen-bond acceptors (Lipinski definition) is 11. The van der Waals surface area contributed by atoms with Crippen molar-refractivity contribution in [3.63, 3.8) is 0 Å². The van der Waals surface area contributed by atoms with E-state index < -0.39 is 74.0 Å². The molecule has 0 spiro atoms. The maximum absolute atomic E-state index is 11.0. The quantitative estimate of drug-likeness (QED) is 0.238. The molecule has 0 amide bonds. The smallest absolute Gasteiger partial charge is 0.335 e. The van der Waals surface area contributed by atoms with E-state index in [0.717, 1.165) is 0 Å². The first-order valence-corrected chi connectivity index (χ1v) is 7.07. The van der Waals surface area contributed by atoms with Gasteiger partial charge in [0.05, 0.1) is 6.61 Å². The van der Waals surface area contributed by atoms with Crippen LogP contribution in [0.3, 0.4) is 0 Å². The van der Waals surface area contributed by atoms with E-state index in [1.54, 1.807) is 0 Å². The summed E-state index contributed by atoms with van der Waals surface area (Å²) >= 11 is 0. The molecule has 2 aliphatic rings. The summed E-state index contributed by atoms with van der Waals surface area (Å²) in [5.41, 5.74) is 0. The van der Waals surface area contributed by atoms with E-state index >= 15 is 0 Å². The van der Waals surface area contributed by atoms with Crippen molar-refractivity contribution >= 4 is 5.97 Å². The van der Waals surface area contributed by atoms with E-state index in [4.69, 9.17) is 24.4 Å². The summed E-state index contributed by atoms with van der Waals surface area (Å²) in [7, 11) is 0.